The number of hydrogen-bond donors (Lipinski definition) is 0. The van der Waals surface area contributed by atoms with Crippen LogP contribution in [0.5, 0.6) is 0 Å². The van der Waals surface area contributed by atoms with Crippen LogP contribution in [0.15, 0.2) is 0 Å². The van der Waals surface area contributed by atoms with Crippen molar-refractivity contribution in [2.75, 3.05) is 13.1 Å². The molecule has 15 heavy (non-hydrogen) atoms. The molecule has 0 aromatic heterocycles. The van der Waals surface area contributed by atoms with Crippen LogP contribution in [-0.4, -0.2) is 28.9 Å². The molecule has 2 heteroatoms. The number of hydrogen-bond acceptors (Lipinski definition) is 1. The van der Waals surface area contributed by atoms with E-state index in [-0.39, 0.29) is 0 Å². The molecule has 0 aromatic carbocycles. The summed E-state index contributed by atoms with van der Waals surface area (Å²) >= 11 is 3.77. The van der Waals surface area contributed by atoms with Crippen LogP contribution in [-0.2, 0) is 0 Å². The van der Waals surface area contributed by atoms with Crippen molar-refractivity contribution in [2.45, 2.75) is 49.9 Å². The molecular formula is C13H22BrN. The molecule has 3 rings (SSSR count). The number of rotatable bonds is 2. The van der Waals surface area contributed by atoms with Gasteiger partial charge in [0.1, 0.15) is 0 Å². The molecule has 1 nitrogen and oxygen atoms in total. The molecule has 0 aromatic rings. The van der Waals surface area contributed by atoms with Crippen molar-refractivity contribution >= 4 is 15.9 Å². The minimum atomic E-state index is 0.756. The van der Waals surface area contributed by atoms with Gasteiger partial charge in [-0.3, -0.25) is 4.90 Å². The van der Waals surface area contributed by atoms with Gasteiger partial charge in [-0.25, -0.2) is 0 Å². The van der Waals surface area contributed by atoms with E-state index in [1.807, 2.05) is 0 Å². The third-order valence-corrected chi connectivity index (χ3v) is 5.67. The van der Waals surface area contributed by atoms with Gasteiger partial charge in [0.2, 0.25) is 0 Å². The summed E-state index contributed by atoms with van der Waals surface area (Å²) in [5, 5.41) is 0. The average molecular weight is 272 g/mol. The molecular weight excluding hydrogens is 250 g/mol. The third kappa shape index (κ3) is 2.00. The molecule has 1 aliphatic heterocycles. The molecule has 1 saturated heterocycles. The highest BCUT2D eigenvalue weighted by Crippen LogP contribution is 2.48. The van der Waals surface area contributed by atoms with Gasteiger partial charge in [0, 0.05) is 24.0 Å². The number of alkyl halides is 1. The lowest BCUT2D eigenvalue weighted by molar-refractivity contribution is 0.186. The van der Waals surface area contributed by atoms with Crippen molar-refractivity contribution in [1.29, 1.82) is 0 Å². The Morgan fingerprint density at radius 2 is 2.07 bits per heavy atom. The summed E-state index contributed by atoms with van der Waals surface area (Å²) in [4.78, 5) is 3.48. The molecule has 5 atom stereocenters. The van der Waals surface area contributed by atoms with E-state index in [9.17, 15) is 0 Å². The molecule has 86 valence electrons. The van der Waals surface area contributed by atoms with Crippen LogP contribution in [0.25, 0.3) is 0 Å². The van der Waals surface area contributed by atoms with E-state index in [0.717, 1.165) is 28.6 Å². The van der Waals surface area contributed by atoms with Crippen molar-refractivity contribution in [1.82, 2.24) is 4.90 Å². The molecule has 2 saturated carbocycles. The molecule has 5 unspecified atom stereocenters. The van der Waals surface area contributed by atoms with Gasteiger partial charge in [0.15, 0.2) is 0 Å². The number of nitrogens with zero attached hydrogens (tertiary/aromatic N) is 1. The van der Waals surface area contributed by atoms with Crippen molar-refractivity contribution < 1.29 is 0 Å². The first-order valence-electron chi connectivity index (χ1n) is 6.60. The van der Waals surface area contributed by atoms with E-state index in [2.05, 4.69) is 27.8 Å². The Hall–Kier alpha value is 0.440. The maximum Gasteiger partial charge on any atom is 0.0288 e. The SMILES string of the molecule is CC1CC(Br)CN1CC1CC2CCC1C2. The predicted molar refractivity (Wildman–Crippen MR) is 67.3 cm³/mol. The molecule has 2 bridgehead atoms. The minimum absolute atomic E-state index is 0.756. The zero-order valence-electron chi connectivity index (χ0n) is 9.66. The van der Waals surface area contributed by atoms with E-state index in [0.29, 0.717) is 0 Å². The predicted octanol–water partition coefficient (Wildman–Crippen LogP) is 3.28. The normalized spacial score (nSPS) is 50.4. The van der Waals surface area contributed by atoms with Gasteiger partial charge in [-0.1, -0.05) is 22.4 Å². The number of fused-ring (bicyclic) bond motifs is 2. The zero-order chi connectivity index (χ0) is 10.4. The third-order valence-electron chi connectivity index (χ3n) is 5.01. The zero-order valence-corrected chi connectivity index (χ0v) is 11.2. The second-order valence-corrected chi connectivity index (χ2v) is 7.37. The van der Waals surface area contributed by atoms with E-state index >= 15 is 0 Å². The molecule has 3 aliphatic rings. The van der Waals surface area contributed by atoms with Gasteiger partial charge in [0.05, 0.1) is 0 Å². The minimum Gasteiger partial charge on any atom is -0.299 e. The molecule has 0 N–H and O–H groups in total. The molecule has 1 heterocycles. The van der Waals surface area contributed by atoms with Gasteiger partial charge < -0.3 is 0 Å². The lowest BCUT2D eigenvalue weighted by Crippen LogP contribution is -2.34. The molecule has 0 amide bonds. The quantitative estimate of drug-likeness (QED) is 0.697. The molecule has 0 spiro atoms. The van der Waals surface area contributed by atoms with Crippen LogP contribution in [0.4, 0.5) is 0 Å². The van der Waals surface area contributed by atoms with Crippen LogP contribution < -0.4 is 0 Å². The number of likely N-dealkylation sites (tertiary alicyclic amines) is 1. The molecule has 0 radical (unpaired) electrons. The van der Waals surface area contributed by atoms with Gasteiger partial charge in [-0.05, 0) is 50.4 Å². The lowest BCUT2D eigenvalue weighted by Gasteiger charge is -2.29. The monoisotopic (exact) mass is 271 g/mol. The van der Waals surface area contributed by atoms with E-state index in [4.69, 9.17) is 0 Å². The Morgan fingerprint density at radius 3 is 2.60 bits per heavy atom. The van der Waals surface area contributed by atoms with E-state index < -0.39 is 0 Å². The summed E-state index contributed by atoms with van der Waals surface area (Å²) in [7, 11) is 0. The average Bonchev–Trinajstić information content (AvgIpc) is 2.83. The molecule has 3 fully saturated rings. The maximum absolute atomic E-state index is 3.77. The van der Waals surface area contributed by atoms with Gasteiger partial charge in [0.25, 0.3) is 0 Å². The Kier molecular flexibility index (Phi) is 2.84. The Balaban J connectivity index is 1.57. The van der Waals surface area contributed by atoms with Crippen molar-refractivity contribution in [3.8, 4) is 0 Å². The van der Waals surface area contributed by atoms with E-state index in [1.165, 1.54) is 32.4 Å². The maximum atomic E-state index is 3.77. The van der Waals surface area contributed by atoms with Crippen LogP contribution in [0, 0.1) is 17.8 Å². The topological polar surface area (TPSA) is 3.24 Å². The Labute approximate surface area is 102 Å². The first-order chi connectivity index (χ1) is 7.22. The summed E-state index contributed by atoms with van der Waals surface area (Å²) in [5.74, 6) is 3.25. The first-order valence-corrected chi connectivity index (χ1v) is 7.52. The largest absolute Gasteiger partial charge is 0.299 e. The van der Waals surface area contributed by atoms with Gasteiger partial charge in [-0.2, -0.15) is 0 Å². The summed E-state index contributed by atoms with van der Waals surface area (Å²) in [6, 6.07) is 0.813. The van der Waals surface area contributed by atoms with Crippen LogP contribution >= 0.6 is 15.9 Å². The highest BCUT2D eigenvalue weighted by Gasteiger charge is 2.41. The second kappa shape index (κ2) is 4.03. The summed E-state index contributed by atoms with van der Waals surface area (Å²) in [6.45, 7) is 5.08. The fourth-order valence-corrected chi connectivity index (χ4v) is 5.10. The van der Waals surface area contributed by atoms with Crippen molar-refractivity contribution in [3.63, 3.8) is 0 Å². The first kappa shape index (κ1) is 10.6. The second-order valence-electron chi connectivity index (χ2n) is 6.07. The van der Waals surface area contributed by atoms with Crippen LogP contribution in [0.1, 0.15) is 39.0 Å². The highest BCUT2D eigenvalue weighted by molar-refractivity contribution is 9.09. The Bertz CT molecular complexity index is 241. The summed E-state index contributed by atoms with van der Waals surface area (Å²) < 4.78 is 0. The fraction of sp³-hybridized carbons (Fsp3) is 1.00. The summed E-state index contributed by atoms with van der Waals surface area (Å²) in [5.41, 5.74) is 0. The Morgan fingerprint density at radius 1 is 1.20 bits per heavy atom. The van der Waals surface area contributed by atoms with Crippen LogP contribution in [0.2, 0.25) is 0 Å². The smallest absolute Gasteiger partial charge is 0.0288 e. The fourth-order valence-electron chi connectivity index (χ4n) is 4.18. The molecule has 2 aliphatic carbocycles. The van der Waals surface area contributed by atoms with Crippen molar-refractivity contribution in [3.05, 3.63) is 0 Å². The number of halogens is 1. The van der Waals surface area contributed by atoms with E-state index in [1.54, 1.807) is 12.8 Å². The lowest BCUT2D eigenvalue weighted by atomic mass is 9.88. The summed E-state index contributed by atoms with van der Waals surface area (Å²) in [6.07, 6.45) is 7.53. The van der Waals surface area contributed by atoms with Gasteiger partial charge >= 0.3 is 0 Å². The standard InChI is InChI=1S/C13H22BrN/c1-9-4-13(14)8-15(9)7-12-6-10-2-3-11(12)5-10/h9-13H,2-8H2,1H3. The van der Waals surface area contributed by atoms with Crippen molar-refractivity contribution in [2.24, 2.45) is 17.8 Å². The van der Waals surface area contributed by atoms with Gasteiger partial charge in [-0.15, -0.1) is 0 Å². The highest BCUT2D eigenvalue weighted by atomic mass is 79.9. The van der Waals surface area contributed by atoms with Crippen LogP contribution in [0.3, 0.4) is 0 Å².